The Kier molecular flexibility index (Phi) is 22.3. The van der Waals surface area contributed by atoms with Gasteiger partial charge in [0.05, 0.1) is 13.2 Å². The highest BCUT2D eigenvalue weighted by atomic mass is 16.4. The number of carbonyl (C=O) groups is 2. The average molecular weight is 268 g/mol. The van der Waals surface area contributed by atoms with Gasteiger partial charge in [0, 0.05) is 12.8 Å². The molecule has 0 aromatic heterocycles. The third-order valence-corrected chi connectivity index (χ3v) is 1.35. The van der Waals surface area contributed by atoms with Crippen LogP contribution in [0, 0.1) is 0 Å². The summed E-state index contributed by atoms with van der Waals surface area (Å²) in [4.78, 5) is 19.2. The molecule has 0 bridgehead atoms. The molecular formula is C11H24O7. The molecule has 0 saturated carbocycles. The van der Waals surface area contributed by atoms with E-state index in [1.807, 2.05) is 13.8 Å². The van der Waals surface area contributed by atoms with Crippen molar-refractivity contribution in [1.82, 2.24) is 0 Å². The predicted molar refractivity (Wildman–Crippen MR) is 65.3 cm³/mol. The van der Waals surface area contributed by atoms with Gasteiger partial charge in [-0.3, -0.25) is 9.59 Å². The van der Waals surface area contributed by atoms with Crippen LogP contribution in [-0.2, 0) is 9.59 Å². The zero-order chi connectivity index (χ0) is 15.0. The van der Waals surface area contributed by atoms with Crippen LogP contribution in [0.1, 0.15) is 39.5 Å². The summed E-state index contributed by atoms with van der Waals surface area (Å²) in [6.45, 7) is 2.95. The molecule has 18 heavy (non-hydrogen) atoms. The van der Waals surface area contributed by atoms with Gasteiger partial charge in [0.15, 0.2) is 0 Å². The van der Waals surface area contributed by atoms with E-state index in [0.29, 0.717) is 12.8 Å². The molecule has 0 unspecified atom stereocenters. The van der Waals surface area contributed by atoms with Gasteiger partial charge in [-0.1, -0.05) is 13.8 Å². The molecular weight excluding hydrogens is 244 g/mol. The number of aliphatic hydroxyl groups is 3. The van der Waals surface area contributed by atoms with Crippen molar-refractivity contribution in [2.45, 2.75) is 45.6 Å². The van der Waals surface area contributed by atoms with Gasteiger partial charge in [-0.05, 0) is 12.8 Å². The van der Waals surface area contributed by atoms with E-state index in [1.54, 1.807) is 0 Å². The molecule has 0 heterocycles. The molecule has 0 aliphatic carbocycles. The Labute approximate surface area is 107 Å². The van der Waals surface area contributed by atoms with Crippen molar-refractivity contribution in [2.24, 2.45) is 0 Å². The van der Waals surface area contributed by atoms with Crippen molar-refractivity contribution in [3.8, 4) is 0 Å². The Balaban J connectivity index is -0.000000187. The maximum Gasteiger partial charge on any atom is 0.303 e. The first kappa shape index (κ1) is 22.0. The predicted octanol–water partition coefficient (Wildman–Crippen LogP) is 0.0741. The molecule has 0 fully saturated rings. The van der Waals surface area contributed by atoms with Crippen molar-refractivity contribution < 1.29 is 35.1 Å². The minimum atomic E-state index is -0.954. The second-order valence-corrected chi connectivity index (χ2v) is 3.31. The summed E-state index contributed by atoms with van der Waals surface area (Å²) in [6, 6.07) is 0. The topological polar surface area (TPSA) is 135 Å². The third kappa shape index (κ3) is 36.4. The molecule has 0 spiro atoms. The minimum Gasteiger partial charge on any atom is -0.481 e. The van der Waals surface area contributed by atoms with Crippen LogP contribution < -0.4 is 0 Å². The second kappa shape index (κ2) is 18.2. The van der Waals surface area contributed by atoms with E-state index >= 15 is 0 Å². The summed E-state index contributed by atoms with van der Waals surface area (Å²) in [5.41, 5.74) is 0. The Morgan fingerprint density at radius 3 is 1.17 bits per heavy atom. The highest BCUT2D eigenvalue weighted by Crippen LogP contribution is 1.82. The van der Waals surface area contributed by atoms with Gasteiger partial charge >= 0.3 is 11.9 Å². The molecule has 0 aromatic carbocycles. The zero-order valence-electron chi connectivity index (χ0n) is 10.9. The van der Waals surface area contributed by atoms with Gasteiger partial charge < -0.3 is 25.5 Å². The van der Waals surface area contributed by atoms with Crippen LogP contribution in [0.2, 0.25) is 0 Å². The fourth-order valence-corrected chi connectivity index (χ4v) is 0.485. The van der Waals surface area contributed by atoms with E-state index in [1.165, 1.54) is 0 Å². The lowest BCUT2D eigenvalue weighted by atomic mass is 10.4. The third-order valence-electron chi connectivity index (χ3n) is 1.35. The average Bonchev–Trinajstić information content (AvgIpc) is 2.29. The lowest BCUT2D eigenvalue weighted by Crippen LogP contribution is -2.15. The number of carboxylic acids is 2. The standard InChI is InChI=1S/2C4H8O2.C3H8O3/c2*1-2-3-4(5)6;4-1-3(6)2-5/h2*2-3H2,1H3,(H,5,6);3-6H,1-2H2. The molecule has 0 aromatic rings. The number of aliphatic hydroxyl groups excluding tert-OH is 3. The largest absolute Gasteiger partial charge is 0.481 e. The van der Waals surface area contributed by atoms with E-state index in [-0.39, 0.29) is 13.2 Å². The van der Waals surface area contributed by atoms with Crippen LogP contribution in [0.4, 0.5) is 0 Å². The highest BCUT2D eigenvalue weighted by Gasteiger charge is 1.93. The van der Waals surface area contributed by atoms with E-state index in [2.05, 4.69) is 0 Å². The summed E-state index contributed by atoms with van der Waals surface area (Å²) in [7, 11) is 0. The fourth-order valence-electron chi connectivity index (χ4n) is 0.485. The molecule has 7 heteroatoms. The highest BCUT2D eigenvalue weighted by molar-refractivity contribution is 5.66. The Bertz CT molecular complexity index is 174. The number of hydrogen-bond donors (Lipinski definition) is 5. The maximum absolute atomic E-state index is 9.60. The van der Waals surface area contributed by atoms with Crippen LogP contribution in [0.25, 0.3) is 0 Å². The number of hydrogen-bond acceptors (Lipinski definition) is 5. The normalized spacial score (nSPS) is 8.78. The van der Waals surface area contributed by atoms with Gasteiger partial charge in [0.25, 0.3) is 0 Å². The van der Waals surface area contributed by atoms with Crippen LogP contribution in [0.5, 0.6) is 0 Å². The lowest BCUT2D eigenvalue weighted by molar-refractivity contribution is -0.138. The summed E-state index contributed by atoms with van der Waals surface area (Å²) in [5.74, 6) is -1.42. The number of aliphatic carboxylic acids is 2. The molecule has 7 nitrogen and oxygen atoms in total. The molecule has 0 rings (SSSR count). The first-order valence-corrected chi connectivity index (χ1v) is 5.68. The first-order valence-electron chi connectivity index (χ1n) is 5.68. The quantitative estimate of drug-likeness (QED) is 0.460. The van der Waals surface area contributed by atoms with Crippen LogP contribution >= 0.6 is 0 Å². The van der Waals surface area contributed by atoms with E-state index in [9.17, 15) is 9.59 Å². The zero-order valence-corrected chi connectivity index (χ0v) is 10.9. The molecule has 5 N–H and O–H groups in total. The van der Waals surface area contributed by atoms with Crippen LogP contribution in [0.15, 0.2) is 0 Å². The Morgan fingerprint density at radius 2 is 1.17 bits per heavy atom. The molecule has 110 valence electrons. The van der Waals surface area contributed by atoms with Crippen molar-refractivity contribution >= 4 is 11.9 Å². The minimum absolute atomic E-state index is 0.292. The van der Waals surface area contributed by atoms with Crippen molar-refractivity contribution in [1.29, 1.82) is 0 Å². The SMILES string of the molecule is CCCC(=O)O.CCCC(=O)O.OCC(O)CO. The number of rotatable bonds is 6. The fraction of sp³-hybridized carbons (Fsp3) is 0.818. The van der Waals surface area contributed by atoms with E-state index < -0.39 is 18.0 Å². The molecule has 0 amide bonds. The maximum atomic E-state index is 9.60. The molecule has 0 atom stereocenters. The van der Waals surface area contributed by atoms with Gasteiger partial charge in [0.1, 0.15) is 6.10 Å². The Hall–Kier alpha value is -1.18. The van der Waals surface area contributed by atoms with Gasteiger partial charge in [-0.15, -0.1) is 0 Å². The first-order chi connectivity index (χ1) is 8.35. The molecule has 0 saturated heterocycles. The van der Waals surface area contributed by atoms with Crippen molar-refractivity contribution in [2.75, 3.05) is 13.2 Å². The van der Waals surface area contributed by atoms with Crippen molar-refractivity contribution in [3.63, 3.8) is 0 Å². The summed E-state index contributed by atoms with van der Waals surface area (Å²) < 4.78 is 0. The van der Waals surface area contributed by atoms with Crippen molar-refractivity contribution in [3.05, 3.63) is 0 Å². The number of carboxylic acid groups (broad SMARTS) is 2. The van der Waals surface area contributed by atoms with E-state index in [0.717, 1.165) is 12.8 Å². The van der Waals surface area contributed by atoms with Crippen LogP contribution in [-0.4, -0.2) is 56.8 Å². The molecule has 0 radical (unpaired) electrons. The summed E-state index contributed by atoms with van der Waals surface area (Å²) in [5, 5.41) is 39.8. The molecule has 0 aliphatic heterocycles. The second-order valence-electron chi connectivity index (χ2n) is 3.31. The van der Waals surface area contributed by atoms with E-state index in [4.69, 9.17) is 25.5 Å². The monoisotopic (exact) mass is 268 g/mol. The van der Waals surface area contributed by atoms with Crippen LogP contribution in [0.3, 0.4) is 0 Å². The summed E-state index contributed by atoms with van der Waals surface area (Å²) in [6.07, 6.45) is 1.09. The smallest absolute Gasteiger partial charge is 0.303 e. The molecule has 0 aliphatic rings. The Morgan fingerprint density at radius 1 is 0.889 bits per heavy atom. The van der Waals surface area contributed by atoms with Gasteiger partial charge in [-0.2, -0.15) is 0 Å². The lowest BCUT2D eigenvalue weighted by Gasteiger charge is -1.96. The van der Waals surface area contributed by atoms with Gasteiger partial charge in [0.2, 0.25) is 0 Å². The van der Waals surface area contributed by atoms with Gasteiger partial charge in [-0.25, -0.2) is 0 Å². The summed E-state index contributed by atoms with van der Waals surface area (Å²) >= 11 is 0.